The van der Waals surface area contributed by atoms with E-state index in [0.29, 0.717) is 5.52 Å². The predicted octanol–water partition coefficient (Wildman–Crippen LogP) is 6.26. The molecular weight excluding hydrogens is 351 g/mol. The minimum absolute atomic E-state index is 0.245. The summed E-state index contributed by atoms with van der Waals surface area (Å²) in [6.45, 7) is 14.1. The summed E-state index contributed by atoms with van der Waals surface area (Å²) in [4.78, 5) is 0. The van der Waals surface area contributed by atoms with Crippen LogP contribution in [-0.2, 0) is 14.1 Å². The highest BCUT2D eigenvalue weighted by atomic mass is 19.1. The van der Waals surface area contributed by atoms with Crippen molar-refractivity contribution in [3.05, 3.63) is 59.2 Å². The Morgan fingerprint density at radius 1 is 0.679 bits per heavy atom. The van der Waals surface area contributed by atoms with Gasteiger partial charge < -0.3 is 0 Å². The molecule has 2 heterocycles. The summed E-state index contributed by atoms with van der Waals surface area (Å²) in [6.07, 6.45) is 3.86. The fourth-order valence-electron chi connectivity index (χ4n) is 2.97. The number of benzene rings is 2. The quantitative estimate of drug-likeness (QED) is 0.358. The monoisotopic (exact) mass is 384 g/mol. The number of aromatic nitrogens is 4. The second-order valence-electron chi connectivity index (χ2n) is 6.31. The molecule has 0 fully saturated rings. The Hall–Kier alpha value is -2.69. The topological polar surface area (TPSA) is 35.6 Å². The molecule has 4 aromatic rings. The first kappa shape index (κ1) is 23.3. The zero-order chi connectivity index (χ0) is 21.4. The largest absolute Gasteiger partial charge is 0.275 e. The van der Waals surface area contributed by atoms with Crippen molar-refractivity contribution >= 4 is 21.8 Å². The molecule has 2 aromatic heterocycles. The van der Waals surface area contributed by atoms with Crippen molar-refractivity contribution < 1.29 is 4.39 Å². The second kappa shape index (κ2) is 10.6. The normalized spacial score (nSPS) is 9.79. The van der Waals surface area contributed by atoms with Crippen LogP contribution < -0.4 is 0 Å². The lowest BCUT2D eigenvalue weighted by Crippen LogP contribution is -1.86. The molecule has 28 heavy (non-hydrogen) atoms. The highest BCUT2D eigenvalue weighted by molar-refractivity contribution is 5.82. The zero-order valence-corrected chi connectivity index (χ0v) is 18.6. The Morgan fingerprint density at radius 2 is 1.11 bits per heavy atom. The Balaban J connectivity index is 0.000000238. The van der Waals surface area contributed by atoms with Crippen molar-refractivity contribution in [1.82, 2.24) is 19.6 Å². The van der Waals surface area contributed by atoms with Gasteiger partial charge in [0.15, 0.2) is 5.82 Å². The molecule has 5 heteroatoms. The molecule has 0 amide bonds. The molecule has 0 N–H and O–H groups in total. The Bertz CT molecular complexity index is 944. The molecule has 0 bridgehead atoms. The van der Waals surface area contributed by atoms with E-state index in [9.17, 15) is 4.39 Å². The van der Waals surface area contributed by atoms with Crippen LogP contribution in [0.4, 0.5) is 4.39 Å². The van der Waals surface area contributed by atoms with Crippen molar-refractivity contribution in [3.8, 4) is 0 Å². The van der Waals surface area contributed by atoms with Crippen LogP contribution in [0.15, 0.2) is 36.7 Å². The van der Waals surface area contributed by atoms with Gasteiger partial charge in [0.05, 0.1) is 5.52 Å². The minimum Gasteiger partial charge on any atom is -0.275 e. The van der Waals surface area contributed by atoms with E-state index in [4.69, 9.17) is 0 Å². The number of hydrogen-bond acceptors (Lipinski definition) is 2. The van der Waals surface area contributed by atoms with Gasteiger partial charge in [-0.15, -0.1) is 0 Å². The maximum Gasteiger partial charge on any atom is 0.151 e. The first-order valence-electron chi connectivity index (χ1n) is 9.83. The predicted molar refractivity (Wildman–Crippen MR) is 118 cm³/mol. The van der Waals surface area contributed by atoms with E-state index in [1.54, 1.807) is 11.7 Å². The number of halogens is 1. The molecule has 0 unspecified atom stereocenters. The van der Waals surface area contributed by atoms with Gasteiger partial charge in [0, 0.05) is 37.3 Å². The highest BCUT2D eigenvalue weighted by Crippen LogP contribution is 2.18. The van der Waals surface area contributed by atoms with Gasteiger partial charge in [0.1, 0.15) is 5.52 Å². The first-order chi connectivity index (χ1) is 13.3. The summed E-state index contributed by atoms with van der Waals surface area (Å²) in [7, 11) is 3.74. The van der Waals surface area contributed by atoms with E-state index in [-0.39, 0.29) is 5.82 Å². The average Bonchev–Trinajstić information content (AvgIpc) is 3.21. The summed E-state index contributed by atoms with van der Waals surface area (Å²) < 4.78 is 16.7. The standard InChI is InChI=1S/C10H12N2.C9H9FN2.2C2H6/c1-7-4-8(2)10-9(5-7)6-12(3)11-10;1-6-3-7-5-12(2)11-9(7)8(10)4-6;2*1-2/h4-6H,1-3H3;3-5H,1-2H3;2*1-2H3. The molecular formula is C23H33FN4. The number of nitrogens with zero attached hydrogens (tertiary/aromatic N) is 4. The van der Waals surface area contributed by atoms with E-state index < -0.39 is 0 Å². The smallest absolute Gasteiger partial charge is 0.151 e. The third-order valence-electron chi connectivity index (χ3n) is 3.88. The summed E-state index contributed by atoms with van der Waals surface area (Å²) in [5, 5.41) is 10.5. The molecule has 0 atom stereocenters. The molecule has 4 rings (SSSR count). The van der Waals surface area contributed by atoms with Gasteiger partial charge in [0.2, 0.25) is 0 Å². The maximum atomic E-state index is 13.2. The third-order valence-corrected chi connectivity index (χ3v) is 3.88. The van der Waals surface area contributed by atoms with Crippen molar-refractivity contribution in [2.24, 2.45) is 14.1 Å². The van der Waals surface area contributed by atoms with Crippen molar-refractivity contribution in [1.29, 1.82) is 0 Å². The third kappa shape index (κ3) is 5.65. The van der Waals surface area contributed by atoms with Gasteiger partial charge >= 0.3 is 0 Å². The van der Waals surface area contributed by atoms with Crippen molar-refractivity contribution in [3.63, 3.8) is 0 Å². The zero-order valence-electron chi connectivity index (χ0n) is 18.6. The van der Waals surface area contributed by atoms with E-state index >= 15 is 0 Å². The molecule has 0 aliphatic carbocycles. The Morgan fingerprint density at radius 3 is 1.64 bits per heavy atom. The lowest BCUT2D eigenvalue weighted by Gasteiger charge is -1.95. The summed E-state index contributed by atoms with van der Waals surface area (Å²) in [5.41, 5.74) is 5.04. The number of hydrogen-bond donors (Lipinski definition) is 0. The summed E-state index contributed by atoms with van der Waals surface area (Å²) in [6, 6.07) is 7.74. The van der Waals surface area contributed by atoms with Crippen LogP contribution in [0, 0.1) is 26.6 Å². The van der Waals surface area contributed by atoms with Crippen LogP contribution in [0.1, 0.15) is 44.4 Å². The van der Waals surface area contributed by atoms with Crippen molar-refractivity contribution in [2.75, 3.05) is 0 Å². The fourth-order valence-corrected chi connectivity index (χ4v) is 2.97. The Kier molecular flexibility index (Phi) is 8.83. The highest BCUT2D eigenvalue weighted by Gasteiger charge is 2.04. The number of rotatable bonds is 0. The van der Waals surface area contributed by atoms with Crippen molar-refractivity contribution in [2.45, 2.75) is 48.5 Å². The lowest BCUT2D eigenvalue weighted by atomic mass is 10.1. The molecule has 152 valence electrons. The van der Waals surface area contributed by atoms with Gasteiger partial charge in [-0.1, -0.05) is 39.3 Å². The first-order valence-corrected chi connectivity index (χ1v) is 9.83. The van der Waals surface area contributed by atoms with E-state index in [0.717, 1.165) is 16.5 Å². The van der Waals surface area contributed by atoms with Crippen LogP contribution in [0.2, 0.25) is 0 Å². The average molecular weight is 385 g/mol. The van der Waals surface area contributed by atoms with Gasteiger partial charge in [-0.2, -0.15) is 10.2 Å². The molecule has 0 radical (unpaired) electrons. The SMILES string of the molecule is CC.CC.Cc1cc(C)c2nn(C)cc2c1.Cc1cc(F)c2nn(C)cc2c1. The second-order valence-corrected chi connectivity index (χ2v) is 6.31. The maximum absolute atomic E-state index is 13.2. The van der Waals surface area contributed by atoms with Crippen LogP contribution in [0.3, 0.4) is 0 Å². The van der Waals surface area contributed by atoms with E-state index in [1.165, 1.54) is 22.6 Å². The van der Waals surface area contributed by atoms with E-state index in [2.05, 4.69) is 42.4 Å². The van der Waals surface area contributed by atoms with Crippen LogP contribution >= 0.6 is 0 Å². The molecule has 2 aromatic carbocycles. The van der Waals surface area contributed by atoms with Crippen LogP contribution in [-0.4, -0.2) is 19.6 Å². The lowest BCUT2D eigenvalue weighted by molar-refractivity contribution is 0.631. The minimum atomic E-state index is -0.245. The van der Waals surface area contributed by atoms with Crippen LogP contribution in [0.25, 0.3) is 21.8 Å². The Labute approximate surface area is 168 Å². The fraction of sp³-hybridized carbons (Fsp3) is 0.391. The van der Waals surface area contributed by atoms with Gasteiger partial charge in [-0.05, 0) is 50.1 Å². The summed E-state index contributed by atoms with van der Waals surface area (Å²) >= 11 is 0. The number of fused-ring (bicyclic) bond motifs is 2. The molecule has 0 spiro atoms. The van der Waals surface area contributed by atoms with Gasteiger partial charge in [0.25, 0.3) is 0 Å². The van der Waals surface area contributed by atoms with Gasteiger partial charge in [-0.3, -0.25) is 9.36 Å². The molecule has 0 saturated carbocycles. The van der Waals surface area contributed by atoms with Gasteiger partial charge in [-0.25, -0.2) is 4.39 Å². The van der Waals surface area contributed by atoms with Crippen LogP contribution in [0.5, 0.6) is 0 Å². The molecule has 0 aliphatic heterocycles. The molecule has 0 saturated heterocycles. The summed E-state index contributed by atoms with van der Waals surface area (Å²) in [5.74, 6) is -0.245. The molecule has 0 aliphatic rings. The molecule has 4 nitrogen and oxygen atoms in total. The van der Waals surface area contributed by atoms with E-state index in [1.807, 2.05) is 58.6 Å². The number of aryl methyl sites for hydroxylation is 5.